The second-order valence-electron chi connectivity index (χ2n) is 10.9. The minimum absolute atomic E-state index is 0.0304. The number of hydrogen-bond donors (Lipinski definition) is 1. The molecule has 202 valence electrons. The monoisotopic (exact) mass is 527 g/mol. The molecule has 2 heterocycles. The van der Waals surface area contributed by atoms with Crippen molar-refractivity contribution in [2.45, 2.75) is 52.5 Å². The molecule has 1 saturated heterocycles. The van der Waals surface area contributed by atoms with Crippen LogP contribution in [-0.2, 0) is 15.0 Å². The van der Waals surface area contributed by atoms with E-state index >= 15 is 0 Å². The zero-order valence-electron chi connectivity index (χ0n) is 22.9. The maximum atomic E-state index is 13.6. The van der Waals surface area contributed by atoms with Crippen molar-refractivity contribution in [1.29, 1.82) is 0 Å². The van der Waals surface area contributed by atoms with Crippen LogP contribution in [0.2, 0.25) is 0 Å². The molecular formula is C32H33NO6. The fourth-order valence-corrected chi connectivity index (χ4v) is 4.94. The van der Waals surface area contributed by atoms with E-state index in [2.05, 4.69) is 20.8 Å². The van der Waals surface area contributed by atoms with Gasteiger partial charge in [0.2, 0.25) is 6.79 Å². The number of carbonyl (C=O) groups is 2. The molecule has 3 aromatic carbocycles. The van der Waals surface area contributed by atoms with Crippen LogP contribution in [0.5, 0.6) is 17.2 Å². The Labute approximate surface area is 228 Å². The number of amides is 1. The summed E-state index contributed by atoms with van der Waals surface area (Å²) in [6.45, 7) is 11.0. The van der Waals surface area contributed by atoms with Crippen LogP contribution in [0.4, 0.5) is 5.69 Å². The maximum absolute atomic E-state index is 13.6. The van der Waals surface area contributed by atoms with Gasteiger partial charge in [0.1, 0.15) is 11.5 Å². The van der Waals surface area contributed by atoms with E-state index in [1.165, 1.54) is 4.90 Å². The quantitative estimate of drug-likeness (QED) is 0.226. The van der Waals surface area contributed by atoms with E-state index in [1.807, 2.05) is 38.1 Å². The fourth-order valence-electron chi connectivity index (χ4n) is 4.94. The van der Waals surface area contributed by atoms with Crippen LogP contribution in [0, 0.1) is 6.92 Å². The Balaban J connectivity index is 1.65. The summed E-state index contributed by atoms with van der Waals surface area (Å²) in [6, 6.07) is 17.4. The van der Waals surface area contributed by atoms with Gasteiger partial charge in [0, 0.05) is 17.3 Å². The molecule has 0 radical (unpaired) electrons. The van der Waals surface area contributed by atoms with Gasteiger partial charge in [0.15, 0.2) is 11.5 Å². The molecule has 0 aliphatic carbocycles. The summed E-state index contributed by atoms with van der Waals surface area (Å²) < 4.78 is 16.7. The number of rotatable bonds is 6. The van der Waals surface area contributed by atoms with Gasteiger partial charge in [0.25, 0.3) is 11.7 Å². The molecule has 0 bridgehead atoms. The molecule has 1 N–H and O–H groups in total. The van der Waals surface area contributed by atoms with Gasteiger partial charge < -0.3 is 19.3 Å². The summed E-state index contributed by atoms with van der Waals surface area (Å²) in [4.78, 5) is 28.5. The van der Waals surface area contributed by atoms with Crippen LogP contribution in [0.1, 0.15) is 62.4 Å². The predicted octanol–water partition coefficient (Wildman–Crippen LogP) is 6.44. The summed E-state index contributed by atoms with van der Waals surface area (Å²) >= 11 is 0. The largest absolute Gasteiger partial charge is 0.507 e. The Morgan fingerprint density at radius 2 is 1.72 bits per heavy atom. The molecule has 5 rings (SSSR count). The average Bonchev–Trinajstić information content (AvgIpc) is 3.49. The van der Waals surface area contributed by atoms with E-state index in [0.717, 1.165) is 17.5 Å². The van der Waals surface area contributed by atoms with E-state index in [9.17, 15) is 14.7 Å². The topological polar surface area (TPSA) is 85.3 Å². The SMILES string of the molecule is CCCOc1ccc(/C(O)=C2\C(=O)C(=O)N(c3ccc4c(c3)OCO4)C2c2ccc(C(C)(C)C)cc2)cc1C. The van der Waals surface area contributed by atoms with Crippen molar-refractivity contribution in [3.8, 4) is 17.2 Å². The summed E-state index contributed by atoms with van der Waals surface area (Å²) in [5.41, 5.74) is 3.52. The summed E-state index contributed by atoms with van der Waals surface area (Å²) in [7, 11) is 0. The molecule has 39 heavy (non-hydrogen) atoms. The Hall–Kier alpha value is -4.26. The zero-order chi connectivity index (χ0) is 27.9. The number of aliphatic hydroxyl groups excluding tert-OH is 1. The fraction of sp³-hybridized carbons (Fsp3) is 0.312. The molecule has 2 aliphatic rings. The van der Waals surface area contributed by atoms with Crippen LogP contribution in [0.15, 0.2) is 66.2 Å². The second-order valence-corrected chi connectivity index (χ2v) is 10.9. The lowest BCUT2D eigenvalue weighted by Crippen LogP contribution is -2.29. The first-order valence-electron chi connectivity index (χ1n) is 13.1. The molecule has 2 aliphatic heterocycles. The molecule has 1 atom stereocenters. The third-order valence-corrected chi connectivity index (χ3v) is 7.08. The van der Waals surface area contributed by atoms with Gasteiger partial charge in [-0.3, -0.25) is 14.5 Å². The van der Waals surface area contributed by atoms with Crippen molar-refractivity contribution in [2.75, 3.05) is 18.3 Å². The van der Waals surface area contributed by atoms with Gasteiger partial charge >= 0.3 is 0 Å². The number of benzene rings is 3. The number of hydrogen-bond acceptors (Lipinski definition) is 6. The number of ketones is 1. The van der Waals surface area contributed by atoms with Gasteiger partial charge in [-0.05, 0) is 65.8 Å². The highest BCUT2D eigenvalue weighted by atomic mass is 16.7. The number of aryl methyl sites for hydroxylation is 1. The second kappa shape index (κ2) is 10.1. The summed E-state index contributed by atoms with van der Waals surface area (Å²) in [5.74, 6) is 0.0749. The van der Waals surface area contributed by atoms with E-state index < -0.39 is 17.7 Å². The van der Waals surface area contributed by atoms with Crippen molar-refractivity contribution < 1.29 is 28.9 Å². The van der Waals surface area contributed by atoms with Crippen LogP contribution >= 0.6 is 0 Å². The van der Waals surface area contributed by atoms with Crippen LogP contribution in [-0.4, -0.2) is 30.2 Å². The van der Waals surface area contributed by atoms with Crippen molar-refractivity contribution in [2.24, 2.45) is 0 Å². The van der Waals surface area contributed by atoms with Gasteiger partial charge in [0.05, 0.1) is 18.2 Å². The van der Waals surface area contributed by atoms with Crippen molar-refractivity contribution in [3.63, 3.8) is 0 Å². The molecule has 1 amide bonds. The number of aliphatic hydroxyl groups is 1. The smallest absolute Gasteiger partial charge is 0.300 e. The first-order chi connectivity index (χ1) is 18.6. The summed E-state index contributed by atoms with van der Waals surface area (Å²) in [5, 5.41) is 11.5. The Morgan fingerprint density at radius 1 is 1.00 bits per heavy atom. The number of ether oxygens (including phenoxy) is 3. The third kappa shape index (κ3) is 4.85. The molecule has 1 fully saturated rings. The molecule has 1 unspecified atom stereocenters. The Kier molecular flexibility index (Phi) is 6.85. The van der Waals surface area contributed by atoms with Gasteiger partial charge in [-0.2, -0.15) is 0 Å². The lowest BCUT2D eigenvalue weighted by molar-refractivity contribution is -0.132. The highest BCUT2D eigenvalue weighted by molar-refractivity contribution is 6.51. The van der Waals surface area contributed by atoms with Crippen molar-refractivity contribution >= 4 is 23.1 Å². The number of fused-ring (bicyclic) bond motifs is 1. The maximum Gasteiger partial charge on any atom is 0.300 e. The molecule has 0 aromatic heterocycles. The van der Waals surface area contributed by atoms with E-state index in [-0.39, 0.29) is 23.5 Å². The van der Waals surface area contributed by atoms with Crippen LogP contribution in [0.25, 0.3) is 5.76 Å². The molecule has 0 saturated carbocycles. The molecule has 3 aromatic rings. The average molecular weight is 528 g/mol. The van der Waals surface area contributed by atoms with E-state index in [0.29, 0.717) is 40.7 Å². The minimum atomic E-state index is -0.837. The first kappa shape index (κ1) is 26.4. The predicted molar refractivity (Wildman–Crippen MR) is 149 cm³/mol. The lowest BCUT2D eigenvalue weighted by atomic mass is 9.85. The lowest BCUT2D eigenvalue weighted by Gasteiger charge is -2.27. The first-order valence-corrected chi connectivity index (χ1v) is 13.1. The molecular weight excluding hydrogens is 494 g/mol. The Bertz CT molecular complexity index is 1460. The highest BCUT2D eigenvalue weighted by Crippen LogP contribution is 2.45. The van der Waals surface area contributed by atoms with Crippen molar-refractivity contribution in [1.82, 2.24) is 0 Å². The van der Waals surface area contributed by atoms with Gasteiger partial charge in [-0.15, -0.1) is 0 Å². The number of anilines is 1. The molecule has 7 nitrogen and oxygen atoms in total. The number of carbonyl (C=O) groups excluding carboxylic acids is 2. The van der Waals surface area contributed by atoms with Crippen molar-refractivity contribution in [3.05, 3.63) is 88.5 Å². The van der Waals surface area contributed by atoms with Gasteiger partial charge in [-0.1, -0.05) is 52.0 Å². The number of nitrogens with zero attached hydrogens (tertiary/aromatic N) is 1. The summed E-state index contributed by atoms with van der Waals surface area (Å²) in [6.07, 6.45) is 0.873. The highest BCUT2D eigenvalue weighted by Gasteiger charge is 2.47. The zero-order valence-corrected chi connectivity index (χ0v) is 22.9. The van der Waals surface area contributed by atoms with Gasteiger partial charge in [-0.25, -0.2) is 0 Å². The van der Waals surface area contributed by atoms with Crippen LogP contribution < -0.4 is 19.1 Å². The standard InChI is InChI=1S/C32H33NO6/c1-6-15-37-24-13-9-21(16-19(24)2)29(34)27-28(20-7-10-22(11-8-20)32(3,4)5)33(31(36)30(27)35)23-12-14-25-26(17-23)39-18-38-25/h7-14,16-17,28,34H,6,15,18H2,1-5H3/b29-27+. The van der Waals surface area contributed by atoms with E-state index in [1.54, 1.807) is 36.4 Å². The minimum Gasteiger partial charge on any atom is -0.507 e. The van der Waals surface area contributed by atoms with E-state index in [4.69, 9.17) is 14.2 Å². The third-order valence-electron chi connectivity index (χ3n) is 7.08. The molecule has 7 heteroatoms. The number of Topliss-reactive ketones (excluding diaryl/α,β-unsaturated/α-hetero) is 1. The normalized spacial score (nSPS) is 18.1. The molecule has 0 spiro atoms. The van der Waals surface area contributed by atoms with Crippen LogP contribution in [0.3, 0.4) is 0 Å². The Morgan fingerprint density at radius 3 is 2.38 bits per heavy atom.